The van der Waals surface area contributed by atoms with Crippen LogP contribution in [0.1, 0.15) is 22.6 Å². The van der Waals surface area contributed by atoms with Gasteiger partial charge in [0.05, 0.1) is 7.11 Å². The van der Waals surface area contributed by atoms with Crippen molar-refractivity contribution in [3.05, 3.63) is 86.3 Å². The monoisotopic (exact) mass is 474 g/mol. The van der Waals surface area contributed by atoms with Crippen LogP contribution >= 0.6 is 43.6 Å². The Bertz CT molecular complexity index is 870. The van der Waals surface area contributed by atoms with Crippen LogP contribution in [0.3, 0.4) is 0 Å². The Hall–Kier alpha value is -1.23. The van der Waals surface area contributed by atoms with Crippen molar-refractivity contribution in [3.63, 3.8) is 0 Å². The molecule has 4 rings (SSSR count). The molecule has 0 atom stereocenters. The van der Waals surface area contributed by atoms with Crippen molar-refractivity contribution in [1.29, 1.82) is 0 Å². The lowest BCUT2D eigenvalue weighted by Crippen LogP contribution is -2.11. The first-order valence-electron chi connectivity index (χ1n) is 8.04. The van der Waals surface area contributed by atoms with Gasteiger partial charge in [0.2, 0.25) is 0 Å². The Kier molecular flexibility index (Phi) is 4.94. The second-order valence-corrected chi connectivity index (χ2v) is 8.99. The highest BCUT2D eigenvalue weighted by Crippen LogP contribution is 2.48. The van der Waals surface area contributed by atoms with Gasteiger partial charge in [-0.15, -0.1) is 0 Å². The number of ether oxygens (including phenoxy) is 1. The second kappa shape index (κ2) is 7.18. The van der Waals surface area contributed by atoms with E-state index in [1.165, 1.54) is 26.5 Å². The summed E-state index contributed by atoms with van der Waals surface area (Å²) in [6.45, 7) is 0. The summed E-state index contributed by atoms with van der Waals surface area (Å²) in [6.07, 6.45) is 0.980. The van der Waals surface area contributed by atoms with Crippen molar-refractivity contribution < 1.29 is 4.74 Å². The Labute approximate surface area is 169 Å². The Morgan fingerprint density at radius 3 is 1.92 bits per heavy atom. The lowest BCUT2D eigenvalue weighted by Gasteiger charge is -2.28. The summed E-state index contributed by atoms with van der Waals surface area (Å²) in [7, 11) is 1.70. The highest BCUT2D eigenvalue weighted by Gasteiger charge is 2.26. The fourth-order valence-corrected chi connectivity index (χ4v) is 5.56. The topological polar surface area (TPSA) is 9.23 Å². The zero-order valence-electron chi connectivity index (χ0n) is 13.6. The molecule has 3 aromatic rings. The molecule has 0 radical (unpaired) electrons. The van der Waals surface area contributed by atoms with E-state index >= 15 is 0 Å². The third kappa shape index (κ3) is 3.53. The minimum Gasteiger partial charge on any atom is -0.497 e. The SMILES string of the molecule is COc1ccc(CC2c3ccc(Br)cc3Sc3cc(Br)ccc32)cc1. The average Bonchev–Trinajstić information content (AvgIpc) is 2.61. The van der Waals surface area contributed by atoms with Crippen LogP contribution in [0.15, 0.2) is 79.4 Å². The molecule has 1 heterocycles. The predicted octanol–water partition coefficient (Wildman–Crippen LogP) is 7.06. The van der Waals surface area contributed by atoms with Crippen LogP contribution in [0.5, 0.6) is 5.75 Å². The maximum Gasteiger partial charge on any atom is 0.118 e. The van der Waals surface area contributed by atoms with Crippen molar-refractivity contribution >= 4 is 43.6 Å². The van der Waals surface area contributed by atoms with E-state index in [4.69, 9.17) is 4.74 Å². The number of rotatable bonds is 3. The molecule has 0 bridgehead atoms. The summed E-state index contributed by atoms with van der Waals surface area (Å²) >= 11 is 9.07. The molecule has 0 aliphatic carbocycles. The van der Waals surface area contributed by atoms with Gasteiger partial charge in [0.25, 0.3) is 0 Å². The predicted molar refractivity (Wildman–Crippen MR) is 111 cm³/mol. The minimum atomic E-state index is 0.362. The first-order chi connectivity index (χ1) is 12.1. The number of halogens is 2. The molecule has 4 heteroatoms. The van der Waals surface area contributed by atoms with Gasteiger partial charge < -0.3 is 4.74 Å². The maximum absolute atomic E-state index is 5.28. The van der Waals surface area contributed by atoms with Gasteiger partial charge in [0.15, 0.2) is 0 Å². The van der Waals surface area contributed by atoms with Gasteiger partial charge in [-0.05, 0) is 59.5 Å². The molecule has 0 saturated carbocycles. The van der Waals surface area contributed by atoms with Crippen molar-refractivity contribution in [2.45, 2.75) is 22.1 Å². The van der Waals surface area contributed by atoms with E-state index in [0.717, 1.165) is 21.1 Å². The first-order valence-corrected chi connectivity index (χ1v) is 10.4. The van der Waals surface area contributed by atoms with Gasteiger partial charge in [0.1, 0.15) is 5.75 Å². The van der Waals surface area contributed by atoms with Gasteiger partial charge in [-0.1, -0.05) is 67.9 Å². The quantitative estimate of drug-likeness (QED) is 0.401. The standard InChI is InChI=1S/C21H16Br2OS/c1-24-16-6-2-13(3-7-16)10-19-17-8-4-14(22)11-20(17)25-21-12-15(23)5-9-18(19)21/h2-9,11-12,19H,10H2,1H3. The van der Waals surface area contributed by atoms with E-state index in [0.29, 0.717) is 5.92 Å². The van der Waals surface area contributed by atoms with Crippen molar-refractivity contribution in [2.75, 3.05) is 7.11 Å². The zero-order chi connectivity index (χ0) is 17.4. The summed E-state index contributed by atoms with van der Waals surface area (Å²) in [6, 6.07) is 21.7. The van der Waals surface area contributed by atoms with Crippen LogP contribution in [0, 0.1) is 0 Å². The van der Waals surface area contributed by atoms with Crippen LogP contribution in [0.4, 0.5) is 0 Å². The summed E-state index contributed by atoms with van der Waals surface area (Å²) in [5.41, 5.74) is 4.12. The van der Waals surface area contributed by atoms with E-state index in [2.05, 4.69) is 80.4 Å². The molecule has 0 spiro atoms. The fraction of sp³-hybridized carbons (Fsp3) is 0.143. The largest absolute Gasteiger partial charge is 0.497 e. The van der Waals surface area contributed by atoms with Crippen LogP contribution < -0.4 is 4.74 Å². The molecule has 1 aliphatic rings. The fourth-order valence-electron chi connectivity index (χ4n) is 3.27. The van der Waals surface area contributed by atoms with Gasteiger partial charge in [-0.25, -0.2) is 0 Å². The molecule has 0 aromatic heterocycles. The molecular weight excluding hydrogens is 460 g/mol. The van der Waals surface area contributed by atoms with E-state index in [1.54, 1.807) is 7.11 Å². The number of hydrogen-bond acceptors (Lipinski definition) is 2. The van der Waals surface area contributed by atoms with Crippen molar-refractivity contribution in [2.24, 2.45) is 0 Å². The molecule has 3 aromatic carbocycles. The number of methoxy groups -OCH3 is 1. The first kappa shape index (κ1) is 17.2. The normalized spacial score (nSPS) is 13.2. The third-order valence-electron chi connectivity index (χ3n) is 4.52. The Morgan fingerprint density at radius 2 is 1.40 bits per heavy atom. The summed E-state index contributed by atoms with van der Waals surface area (Å²) in [5, 5.41) is 0. The maximum atomic E-state index is 5.28. The molecule has 1 nitrogen and oxygen atoms in total. The molecule has 1 aliphatic heterocycles. The second-order valence-electron chi connectivity index (χ2n) is 6.07. The molecule has 0 saturated heterocycles. The number of hydrogen-bond donors (Lipinski definition) is 0. The van der Waals surface area contributed by atoms with Crippen molar-refractivity contribution in [1.82, 2.24) is 0 Å². The third-order valence-corrected chi connectivity index (χ3v) is 6.65. The highest BCUT2D eigenvalue weighted by atomic mass is 79.9. The lowest BCUT2D eigenvalue weighted by molar-refractivity contribution is 0.414. The molecule has 0 fully saturated rings. The zero-order valence-corrected chi connectivity index (χ0v) is 17.6. The minimum absolute atomic E-state index is 0.362. The molecule has 0 N–H and O–H groups in total. The molecule has 25 heavy (non-hydrogen) atoms. The Morgan fingerprint density at radius 1 is 0.840 bits per heavy atom. The van der Waals surface area contributed by atoms with Crippen LogP contribution in [-0.4, -0.2) is 7.11 Å². The lowest BCUT2D eigenvalue weighted by atomic mass is 9.85. The number of fused-ring (bicyclic) bond motifs is 2. The van der Waals surface area contributed by atoms with Crippen LogP contribution in [0.25, 0.3) is 0 Å². The van der Waals surface area contributed by atoms with Gasteiger partial charge >= 0.3 is 0 Å². The van der Waals surface area contributed by atoms with Crippen molar-refractivity contribution in [3.8, 4) is 5.75 Å². The molecule has 126 valence electrons. The van der Waals surface area contributed by atoms with E-state index in [-0.39, 0.29) is 0 Å². The average molecular weight is 476 g/mol. The molecule has 0 unspecified atom stereocenters. The van der Waals surface area contributed by atoms with Crippen LogP contribution in [0.2, 0.25) is 0 Å². The molecule has 0 amide bonds. The summed E-state index contributed by atoms with van der Waals surface area (Å²) in [5.74, 6) is 1.26. The van der Waals surface area contributed by atoms with Crippen LogP contribution in [-0.2, 0) is 6.42 Å². The van der Waals surface area contributed by atoms with E-state index < -0.39 is 0 Å². The van der Waals surface area contributed by atoms with E-state index in [1.807, 2.05) is 23.9 Å². The van der Waals surface area contributed by atoms with Gasteiger partial charge in [-0.3, -0.25) is 0 Å². The summed E-state index contributed by atoms with van der Waals surface area (Å²) in [4.78, 5) is 2.66. The Balaban J connectivity index is 1.77. The molecular formula is C21H16Br2OS. The smallest absolute Gasteiger partial charge is 0.118 e. The van der Waals surface area contributed by atoms with Gasteiger partial charge in [0, 0.05) is 24.7 Å². The van der Waals surface area contributed by atoms with E-state index in [9.17, 15) is 0 Å². The number of benzene rings is 3. The van der Waals surface area contributed by atoms with Gasteiger partial charge in [-0.2, -0.15) is 0 Å². The highest BCUT2D eigenvalue weighted by molar-refractivity contribution is 9.10. The summed E-state index contributed by atoms with van der Waals surface area (Å²) < 4.78 is 7.53.